The maximum atomic E-state index is 13.6. The van der Waals surface area contributed by atoms with Gasteiger partial charge in [-0.1, -0.05) is 65.6 Å². The fourth-order valence-electron chi connectivity index (χ4n) is 4.81. The molecule has 3 N–H and O–H groups in total. The summed E-state index contributed by atoms with van der Waals surface area (Å²) in [5.41, 5.74) is 9.70. The Bertz CT molecular complexity index is 1490. The van der Waals surface area contributed by atoms with Crippen LogP contribution in [0.15, 0.2) is 81.6 Å². The number of aromatic nitrogens is 2. The van der Waals surface area contributed by atoms with Gasteiger partial charge in [0.15, 0.2) is 10.1 Å². The van der Waals surface area contributed by atoms with Gasteiger partial charge in [0, 0.05) is 24.2 Å². The number of hydrogen-bond acceptors (Lipinski definition) is 9. The van der Waals surface area contributed by atoms with Gasteiger partial charge in [0.25, 0.3) is 0 Å². The first-order chi connectivity index (χ1) is 19.0. The number of carbonyl (C=O) groups is 2. The van der Waals surface area contributed by atoms with E-state index in [0.29, 0.717) is 52.1 Å². The van der Waals surface area contributed by atoms with Crippen molar-refractivity contribution in [2.45, 2.75) is 35.9 Å². The molecule has 5 rings (SSSR count). The van der Waals surface area contributed by atoms with E-state index in [1.165, 1.54) is 35.2 Å². The van der Waals surface area contributed by atoms with E-state index in [2.05, 4.69) is 21.6 Å². The van der Waals surface area contributed by atoms with Gasteiger partial charge in [-0.05, 0) is 42.5 Å². The fraction of sp³-hybridized carbons (Fsp3) is 0.250. The molecule has 3 aromatic rings. The lowest BCUT2D eigenvalue weighted by Crippen LogP contribution is -2.38. The van der Waals surface area contributed by atoms with E-state index in [1.807, 2.05) is 30.3 Å². The second-order valence-electron chi connectivity index (χ2n) is 9.09. The standard InChI is InChI=1S/C28H25FN6O2S2/c29-19-11-9-18(10-12-19)24-20(15-30)26(31)35(21-7-4-8-22(36)25(21)24)27-33-34-28(39-27)38-16-23(37)32-14-13-17-5-2-1-3-6-17/h1-3,5-6,9-12,24H,4,7-8,13-14,16,31H2,(H,32,37). The van der Waals surface area contributed by atoms with Crippen LogP contribution in [0.1, 0.15) is 36.3 Å². The summed E-state index contributed by atoms with van der Waals surface area (Å²) in [7, 11) is 0. The molecular formula is C28H25FN6O2S2. The first-order valence-corrected chi connectivity index (χ1v) is 14.2. The summed E-state index contributed by atoms with van der Waals surface area (Å²) in [6.45, 7) is 0.539. The van der Waals surface area contributed by atoms with E-state index < -0.39 is 11.7 Å². The summed E-state index contributed by atoms with van der Waals surface area (Å²) in [5.74, 6) is -0.900. The summed E-state index contributed by atoms with van der Waals surface area (Å²) in [4.78, 5) is 27.2. The number of nitriles is 1. The molecule has 2 aromatic carbocycles. The zero-order valence-electron chi connectivity index (χ0n) is 20.9. The van der Waals surface area contributed by atoms with Crippen LogP contribution in [0.25, 0.3) is 0 Å². The smallest absolute Gasteiger partial charge is 0.230 e. The first kappa shape index (κ1) is 26.6. The second-order valence-corrected chi connectivity index (χ2v) is 11.3. The van der Waals surface area contributed by atoms with Crippen molar-refractivity contribution in [3.63, 3.8) is 0 Å². The van der Waals surface area contributed by atoms with Gasteiger partial charge >= 0.3 is 0 Å². The highest BCUT2D eigenvalue weighted by atomic mass is 32.2. The van der Waals surface area contributed by atoms with Gasteiger partial charge in [-0.3, -0.25) is 14.5 Å². The number of Topliss-reactive ketones (excluding diaryl/α,β-unsaturated/α-hetero) is 1. The Morgan fingerprint density at radius 3 is 2.69 bits per heavy atom. The molecule has 8 nitrogen and oxygen atoms in total. The minimum atomic E-state index is -0.670. The van der Waals surface area contributed by atoms with Crippen LogP contribution in [0.3, 0.4) is 0 Å². The maximum Gasteiger partial charge on any atom is 0.230 e. The summed E-state index contributed by atoms with van der Waals surface area (Å²) in [6, 6.07) is 17.9. The van der Waals surface area contributed by atoms with Crippen molar-refractivity contribution in [2.75, 3.05) is 17.2 Å². The zero-order valence-corrected chi connectivity index (χ0v) is 22.5. The molecule has 0 saturated carbocycles. The van der Waals surface area contributed by atoms with Crippen molar-refractivity contribution in [2.24, 2.45) is 5.73 Å². The topological polar surface area (TPSA) is 125 Å². The van der Waals surface area contributed by atoms with Crippen LogP contribution in [-0.4, -0.2) is 34.2 Å². The second kappa shape index (κ2) is 11.8. The molecule has 39 heavy (non-hydrogen) atoms. The molecule has 2 heterocycles. The Labute approximate surface area is 233 Å². The van der Waals surface area contributed by atoms with Crippen LogP contribution in [-0.2, 0) is 16.0 Å². The lowest BCUT2D eigenvalue weighted by atomic mass is 9.76. The quantitative estimate of drug-likeness (QED) is 0.388. The number of rotatable bonds is 8. The molecule has 1 amide bonds. The SMILES string of the molecule is N#CC1=C(N)N(c2nnc(SCC(=O)NCCc3ccccc3)s2)C2=C(C(=O)CCC2)C1c1ccc(F)cc1. The summed E-state index contributed by atoms with van der Waals surface area (Å²) in [6.07, 6.45) is 2.32. The number of amides is 1. The number of nitrogens with one attached hydrogen (secondary N) is 1. The molecule has 2 aliphatic rings. The third-order valence-corrected chi connectivity index (χ3v) is 8.65. The molecule has 0 bridgehead atoms. The van der Waals surface area contributed by atoms with Gasteiger partial charge in [0.1, 0.15) is 11.6 Å². The van der Waals surface area contributed by atoms with Crippen LogP contribution in [0.2, 0.25) is 0 Å². The van der Waals surface area contributed by atoms with Crippen molar-refractivity contribution >= 4 is 39.9 Å². The van der Waals surface area contributed by atoms with E-state index >= 15 is 0 Å². The number of benzene rings is 2. The molecule has 0 radical (unpaired) electrons. The number of anilines is 1. The van der Waals surface area contributed by atoms with Crippen molar-refractivity contribution in [1.29, 1.82) is 5.26 Å². The van der Waals surface area contributed by atoms with Crippen LogP contribution >= 0.6 is 23.1 Å². The molecule has 1 aromatic heterocycles. The highest BCUT2D eigenvalue weighted by Gasteiger charge is 2.41. The number of carbonyl (C=O) groups excluding carboxylic acids is 2. The summed E-state index contributed by atoms with van der Waals surface area (Å²) in [5, 5.41) is 21.9. The molecule has 1 unspecified atom stereocenters. The Hall–Kier alpha value is -4.01. The molecule has 198 valence electrons. The predicted molar refractivity (Wildman–Crippen MR) is 148 cm³/mol. The summed E-state index contributed by atoms with van der Waals surface area (Å²) < 4.78 is 14.2. The number of nitrogens with zero attached hydrogens (tertiary/aromatic N) is 4. The first-order valence-electron chi connectivity index (χ1n) is 12.4. The van der Waals surface area contributed by atoms with E-state index in [-0.39, 0.29) is 28.8 Å². The van der Waals surface area contributed by atoms with Crippen LogP contribution in [0.4, 0.5) is 9.52 Å². The van der Waals surface area contributed by atoms with Gasteiger partial charge in [0.05, 0.1) is 23.3 Å². The third kappa shape index (κ3) is 5.72. The van der Waals surface area contributed by atoms with Crippen LogP contribution < -0.4 is 16.0 Å². The average Bonchev–Trinajstić information content (AvgIpc) is 3.41. The van der Waals surface area contributed by atoms with Crippen molar-refractivity contribution in [3.8, 4) is 6.07 Å². The van der Waals surface area contributed by atoms with Crippen molar-refractivity contribution < 1.29 is 14.0 Å². The Morgan fingerprint density at radius 2 is 1.95 bits per heavy atom. The van der Waals surface area contributed by atoms with Crippen molar-refractivity contribution in [3.05, 3.63) is 94.2 Å². The Morgan fingerprint density at radius 1 is 1.18 bits per heavy atom. The molecule has 11 heteroatoms. The Kier molecular flexibility index (Phi) is 8.05. The van der Waals surface area contributed by atoms with Gasteiger partial charge in [-0.15, -0.1) is 10.2 Å². The number of halogens is 1. The third-order valence-electron chi connectivity index (χ3n) is 6.61. The monoisotopic (exact) mass is 560 g/mol. The van der Waals surface area contributed by atoms with Gasteiger partial charge in [-0.2, -0.15) is 5.26 Å². The van der Waals surface area contributed by atoms with Crippen LogP contribution in [0, 0.1) is 17.1 Å². The van der Waals surface area contributed by atoms with E-state index in [4.69, 9.17) is 5.73 Å². The number of nitrogens with two attached hydrogens (primary N) is 1. The number of thioether (sulfide) groups is 1. The summed E-state index contributed by atoms with van der Waals surface area (Å²) >= 11 is 2.50. The highest BCUT2D eigenvalue weighted by molar-refractivity contribution is 8.01. The largest absolute Gasteiger partial charge is 0.384 e. The minimum absolute atomic E-state index is 0.0675. The number of ketones is 1. The predicted octanol–water partition coefficient (Wildman–Crippen LogP) is 4.43. The van der Waals surface area contributed by atoms with E-state index in [1.54, 1.807) is 17.0 Å². The maximum absolute atomic E-state index is 13.6. The van der Waals surface area contributed by atoms with Gasteiger partial charge in [0.2, 0.25) is 11.0 Å². The normalized spacial score (nSPS) is 17.2. The highest BCUT2D eigenvalue weighted by Crippen LogP contribution is 2.47. The van der Waals surface area contributed by atoms with Gasteiger partial charge < -0.3 is 11.1 Å². The molecular weight excluding hydrogens is 535 g/mol. The number of hydrogen-bond donors (Lipinski definition) is 2. The molecule has 0 saturated heterocycles. The minimum Gasteiger partial charge on any atom is -0.384 e. The van der Waals surface area contributed by atoms with E-state index in [0.717, 1.165) is 12.0 Å². The Balaban J connectivity index is 1.34. The molecule has 1 aliphatic carbocycles. The lowest BCUT2D eigenvalue weighted by molar-refractivity contribution is -0.118. The molecule has 0 fully saturated rings. The number of allylic oxidation sites excluding steroid dienone is 3. The molecule has 0 spiro atoms. The zero-order chi connectivity index (χ0) is 27.4. The van der Waals surface area contributed by atoms with Crippen LogP contribution in [0.5, 0.6) is 0 Å². The van der Waals surface area contributed by atoms with Gasteiger partial charge in [-0.25, -0.2) is 4.39 Å². The van der Waals surface area contributed by atoms with Crippen molar-refractivity contribution in [1.82, 2.24) is 15.5 Å². The van der Waals surface area contributed by atoms with E-state index in [9.17, 15) is 19.2 Å². The molecule has 1 aliphatic heterocycles. The fourth-order valence-corrected chi connectivity index (χ4v) is 6.52. The molecule has 1 atom stereocenters. The lowest BCUT2D eigenvalue weighted by Gasteiger charge is -2.38. The average molecular weight is 561 g/mol.